The van der Waals surface area contributed by atoms with Crippen LogP contribution in [0.4, 0.5) is 14.5 Å². The number of hydrogen-bond acceptors (Lipinski definition) is 2. The normalized spacial score (nSPS) is 13.9. The van der Waals surface area contributed by atoms with Gasteiger partial charge in [0, 0.05) is 31.7 Å². The van der Waals surface area contributed by atoms with Gasteiger partial charge in [-0.3, -0.25) is 9.56 Å². The van der Waals surface area contributed by atoms with Gasteiger partial charge in [-0.15, -0.1) is 24.0 Å². The Hall–Kier alpha value is -1.71. The summed E-state index contributed by atoms with van der Waals surface area (Å²) in [5, 5.41) is 3.11. The molecule has 23 heavy (non-hydrogen) atoms. The Morgan fingerprint density at radius 2 is 2.17 bits per heavy atom. The highest BCUT2D eigenvalue weighted by atomic mass is 127. The number of guanidine groups is 1. The molecule has 0 aliphatic carbocycles. The van der Waals surface area contributed by atoms with Gasteiger partial charge in [0.2, 0.25) is 0 Å². The van der Waals surface area contributed by atoms with Crippen molar-refractivity contribution in [1.82, 2.24) is 14.9 Å². The molecule has 0 saturated heterocycles. The number of imidazole rings is 1. The van der Waals surface area contributed by atoms with Gasteiger partial charge in [-0.05, 0) is 18.1 Å². The number of nitrogens with zero attached hydrogens (tertiary/aromatic N) is 4. The lowest BCUT2D eigenvalue weighted by molar-refractivity contribution is 0.0668. The number of halogens is 3. The zero-order valence-corrected chi connectivity index (χ0v) is 14.9. The Labute approximate surface area is 150 Å². The summed E-state index contributed by atoms with van der Waals surface area (Å²) in [6.07, 6.45) is 3.59. The van der Waals surface area contributed by atoms with Crippen LogP contribution in [0.1, 0.15) is 17.9 Å². The van der Waals surface area contributed by atoms with E-state index in [1.165, 1.54) is 18.0 Å². The van der Waals surface area contributed by atoms with Crippen LogP contribution in [0, 0.1) is 0 Å². The maximum Gasteiger partial charge on any atom is 0.319 e. The van der Waals surface area contributed by atoms with E-state index in [2.05, 4.69) is 26.3 Å². The molecule has 2 aromatic rings. The number of aliphatic imine (C=N–C) groups is 1. The van der Waals surface area contributed by atoms with Crippen molar-refractivity contribution in [2.24, 2.45) is 4.99 Å². The van der Waals surface area contributed by atoms with E-state index < -0.39 is 6.55 Å². The smallest absolute Gasteiger partial charge is 0.319 e. The fourth-order valence-electron chi connectivity index (χ4n) is 2.67. The minimum atomic E-state index is -2.59. The zero-order valence-electron chi connectivity index (χ0n) is 12.6. The van der Waals surface area contributed by atoms with Crippen LogP contribution in [0.5, 0.6) is 0 Å². The number of nitrogens with one attached hydrogen (secondary N) is 1. The van der Waals surface area contributed by atoms with Crippen LogP contribution in [0.2, 0.25) is 0 Å². The number of alkyl halides is 2. The lowest BCUT2D eigenvalue weighted by Gasteiger charge is -2.22. The second-order valence-corrected chi connectivity index (χ2v) is 4.96. The SMILES string of the molecule is CN=C(NCc1nccn1C(F)F)N1CCc2ccccc21.I. The monoisotopic (exact) mass is 433 g/mol. The predicted octanol–water partition coefficient (Wildman–Crippen LogP) is 3.03. The van der Waals surface area contributed by atoms with E-state index in [1.807, 2.05) is 18.2 Å². The number of para-hydroxylation sites is 1. The molecule has 0 saturated carbocycles. The molecule has 1 aliphatic heterocycles. The van der Waals surface area contributed by atoms with Crippen molar-refractivity contribution in [2.45, 2.75) is 19.5 Å². The van der Waals surface area contributed by atoms with Gasteiger partial charge in [-0.25, -0.2) is 4.98 Å². The van der Waals surface area contributed by atoms with E-state index in [-0.39, 0.29) is 36.3 Å². The van der Waals surface area contributed by atoms with Gasteiger partial charge >= 0.3 is 6.55 Å². The van der Waals surface area contributed by atoms with Gasteiger partial charge < -0.3 is 10.2 Å². The second-order valence-electron chi connectivity index (χ2n) is 4.96. The molecule has 0 bridgehead atoms. The summed E-state index contributed by atoms with van der Waals surface area (Å²) < 4.78 is 26.5. The molecule has 1 aromatic carbocycles. The van der Waals surface area contributed by atoms with Crippen molar-refractivity contribution in [3.8, 4) is 0 Å². The van der Waals surface area contributed by atoms with Gasteiger partial charge in [0.1, 0.15) is 5.82 Å². The van der Waals surface area contributed by atoms with Crippen molar-refractivity contribution in [2.75, 3.05) is 18.5 Å². The Kier molecular flexibility index (Phi) is 5.91. The van der Waals surface area contributed by atoms with Gasteiger partial charge in [-0.1, -0.05) is 18.2 Å². The van der Waals surface area contributed by atoms with Crippen LogP contribution in [0.15, 0.2) is 41.7 Å². The Bertz CT molecular complexity index is 686. The van der Waals surface area contributed by atoms with E-state index in [4.69, 9.17) is 0 Å². The third-order valence-corrected chi connectivity index (χ3v) is 3.72. The molecule has 3 rings (SSSR count). The molecule has 8 heteroatoms. The molecular formula is C15H18F2IN5. The lowest BCUT2D eigenvalue weighted by Crippen LogP contribution is -2.40. The van der Waals surface area contributed by atoms with Crippen LogP contribution in [-0.2, 0) is 13.0 Å². The summed E-state index contributed by atoms with van der Waals surface area (Å²) in [5.74, 6) is 0.942. The highest BCUT2D eigenvalue weighted by Gasteiger charge is 2.22. The molecule has 5 nitrogen and oxygen atoms in total. The first-order valence-corrected chi connectivity index (χ1v) is 7.06. The Morgan fingerprint density at radius 3 is 2.91 bits per heavy atom. The van der Waals surface area contributed by atoms with E-state index in [0.29, 0.717) is 5.96 Å². The predicted molar refractivity (Wildman–Crippen MR) is 96.6 cm³/mol. The van der Waals surface area contributed by atoms with E-state index in [1.54, 1.807) is 7.05 Å². The number of anilines is 1. The summed E-state index contributed by atoms with van der Waals surface area (Å²) in [4.78, 5) is 10.3. The lowest BCUT2D eigenvalue weighted by atomic mass is 10.2. The summed E-state index contributed by atoms with van der Waals surface area (Å²) in [6.45, 7) is -1.57. The molecule has 1 aliphatic rings. The zero-order chi connectivity index (χ0) is 15.5. The number of hydrogen-bond donors (Lipinski definition) is 1. The minimum Gasteiger partial charge on any atom is -0.349 e. The van der Waals surface area contributed by atoms with Crippen molar-refractivity contribution in [3.63, 3.8) is 0 Å². The molecule has 1 N–H and O–H groups in total. The van der Waals surface area contributed by atoms with Gasteiger partial charge in [0.15, 0.2) is 5.96 Å². The average molecular weight is 433 g/mol. The first-order chi connectivity index (χ1) is 10.7. The fourth-order valence-corrected chi connectivity index (χ4v) is 2.67. The molecule has 0 unspecified atom stereocenters. The van der Waals surface area contributed by atoms with Gasteiger partial charge in [0.05, 0.1) is 6.54 Å². The van der Waals surface area contributed by atoms with Crippen molar-refractivity contribution in [3.05, 3.63) is 48.0 Å². The Balaban J connectivity index is 0.00000192. The molecule has 0 atom stereocenters. The van der Waals surface area contributed by atoms with Crippen LogP contribution in [-0.4, -0.2) is 29.1 Å². The summed E-state index contributed by atoms with van der Waals surface area (Å²) in [5.41, 5.74) is 2.37. The van der Waals surface area contributed by atoms with Crippen LogP contribution in [0.25, 0.3) is 0 Å². The highest BCUT2D eigenvalue weighted by molar-refractivity contribution is 14.0. The maximum atomic E-state index is 12.8. The number of aromatic nitrogens is 2. The molecule has 0 spiro atoms. The topological polar surface area (TPSA) is 45.5 Å². The molecule has 0 fully saturated rings. The van der Waals surface area contributed by atoms with Crippen LogP contribution in [0.3, 0.4) is 0 Å². The molecular weight excluding hydrogens is 415 g/mol. The van der Waals surface area contributed by atoms with Gasteiger partial charge in [-0.2, -0.15) is 8.78 Å². The quantitative estimate of drug-likeness (QED) is 0.460. The number of rotatable bonds is 3. The van der Waals surface area contributed by atoms with Crippen LogP contribution >= 0.6 is 24.0 Å². The van der Waals surface area contributed by atoms with E-state index in [9.17, 15) is 8.78 Å². The standard InChI is InChI=1S/C15H17F2N5.HI/c1-18-15(20-10-13-19-7-9-22(13)14(16)17)21-8-6-11-4-2-3-5-12(11)21;/h2-5,7,9,14H,6,8,10H2,1H3,(H,18,20);1H. The third kappa shape index (κ3) is 3.62. The molecule has 124 valence electrons. The van der Waals surface area contributed by atoms with E-state index in [0.717, 1.165) is 23.2 Å². The summed E-state index contributed by atoms with van der Waals surface area (Å²) in [6, 6.07) is 8.12. The third-order valence-electron chi connectivity index (χ3n) is 3.72. The highest BCUT2D eigenvalue weighted by Crippen LogP contribution is 2.27. The van der Waals surface area contributed by atoms with Gasteiger partial charge in [0.25, 0.3) is 0 Å². The molecule has 2 heterocycles. The minimum absolute atomic E-state index is 0. The summed E-state index contributed by atoms with van der Waals surface area (Å²) in [7, 11) is 1.68. The summed E-state index contributed by atoms with van der Waals surface area (Å²) >= 11 is 0. The van der Waals surface area contributed by atoms with Crippen molar-refractivity contribution >= 4 is 35.6 Å². The maximum absolute atomic E-state index is 12.8. The van der Waals surface area contributed by atoms with E-state index >= 15 is 0 Å². The van der Waals surface area contributed by atoms with Crippen molar-refractivity contribution < 1.29 is 8.78 Å². The molecule has 0 amide bonds. The molecule has 0 radical (unpaired) electrons. The fraction of sp³-hybridized carbons (Fsp3) is 0.333. The number of benzene rings is 1. The first kappa shape index (κ1) is 17.6. The first-order valence-electron chi connectivity index (χ1n) is 7.06. The number of fused-ring (bicyclic) bond motifs is 1. The van der Waals surface area contributed by atoms with Crippen molar-refractivity contribution in [1.29, 1.82) is 0 Å². The molecule has 1 aromatic heterocycles. The average Bonchev–Trinajstić information content (AvgIpc) is 3.15. The second kappa shape index (κ2) is 7.71. The Morgan fingerprint density at radius 1 is 1.39 bits per heavy atom. The largest absolute Gasteiger partial charge is 0.349 e. The van der Waals surface area contributed by atoms with Crippen LogP contribution < -0.4 is 10.2 Å².